The molecule has 0 aliphatic rings. The second-order valence-corrected chi connectivity index (χ2v) is 5.41. The Morgan fingerprint density at radius 2 is 2.11 bits per heavy atom. The molecule has 19 heavy (non-hydrogen) atoms. The first kappa shape index (κ1) is 12.2. The van der Waals surface area contributed by atoms with Crippen molar-refractivity contribution >= 4 is 27.5 Å². The van der Waals surface area contributed by atoms with E-state index >= 15 is 0 Å². The maximum atomic E-state index is 5.68. The molecule has 5 heteroatoms. The number of hydrogen-bond acceptors (Lipinski definition) is 4. The summed E-state index contributed by atoms with van der Waals surface area (Å²) in [4.78, 5) is 9.04. The molecule has 0 aliphatic carbocycles. The predicted molar refractivity (Wildman–Crippen MR) is 79.4 cm³/mol. The summed E-state index contributed by atoms with van der Waals surface area (Å²) in [5.41, 5.74) is 8.93. The number of thiazole rings is 1. The monoisotopic (exact) mass is 272 g/mol. The summed E-state index contributed by atoms with van der Waals surface area (Å²) >= 11 is 1.48. The predicted octanol–water partition coefficient (Wildman–Crippen LogP) is 3.08. The van der Waals surface area contributed by atoms with Gasteiger partial charge in [-0.25, -0.2) is 9.97 Å². The highest BCUT2D eigenvalue weighted by molar-refractivity contribution is 7.13. The second-order valence-electron chi connectivity index (χ2n) is 4.52. The van der Waals surface area contributed by atoms with Gasteiger partial charge in [-0.05, 0) is 18.6 Å². The lowest BCUT2D eigenvalue weighted by molar-refractivity contribution is 0.662. The van der Waals surface area contributed by atoms with Crippen LogP contribution in [0.15, 0.2) is 29.6 Å². The topological polar surface area (TPSA) is 56.7 Å². The number of aromatic nitrogens is 3. The van der Waals surface area contributed by atoms with Crippen LogP contribution in [0.3, 0.4) is 0 Å². The molecule has 0 saturated carbocycles. The Morgan fingerprint density at radius 1 is 1.26 bits per heavy atom. The molecule has 0 aliphatic heterocycles. The van der Waals surface area contributed by atoms with Crippen LogP contribution in [0, 0.1) is 0 Å². The molecule has 4 nitrogen and oxygen atoms in total. The molecule has 2 heterocycles. The van der Waals surface area contributed by atoms with Gasteiger partial charge < -0.3 is 10.3 Å². The average Bonchev–Trinajstić information content (AvgIpc) is 2.96. The van der Waals surface area contributed by atoms with Crippen LogP contribution in [0.1, 0.15) is 24.9 Å². The van der Waals surface area contributed by atoms with E-state index in [0.717, 1.165) is 36.4 Å². The van der Waals surface area contributed by atoms with Gasteiger partial charge in [0.2, 0.25) is 0 Å². The zero-order valence-corrected chi connectivity index (χ0v) is 11.7. The zero-order chi connectivity index (χ0) is 13.2. The maximum absolute atomic E-state index is 5.68. The van der Waals surface area contributed by atoms with Crippen molar-refractivity contribution in [2.45, 2.75) is 26.3 Å². The quantitative estimate of drug-likeness (QED) is 0.794. The van der Waals surface area contributed by atoms with Crippen molar-refractivity contribution in [3.05, 3.63) is 41.2 Å². The van der Waals surface area contributed by atoms with Gasteiger partial charge in [0.05, 0.1) is 16.7 Å². The van der Waals surface area contributed by atoms with Crippen molar-refractivity contribution in [2.75, 3.05) is 5.73 Å². The van der Waals surface area contributed by atoms with E-state index in [1.807, 2.05) is 11.4 Å². The first-order chi connectivity index (χ1) is 9.28. The third-order valence-corrected chi connectivity index (χ3v) is 3.81. The van der Waals surface area contributed by atoms with Crippen molar-refractivity contribution in [3.8, 4) is 0 Å². The number of rotatable bonds is 4. The van der Waals surface area contributed by atoms with E-state index in [0.29, 0.717) is 5.13 Å². The molecule has 0 amide bonds. The van der Waals surface area contributed by atoms with Crippen molar-refractivity contribution < 1.29 is 0 Å². The highest BCUT2D eigenvalue weighted by atomic mass is 32.1. The number of nitrogen functional groups attached to an aromatic ring is 1. The number of benzene rings is 1. The Bertz CT molecular complexity index is 698. The standard InChI is InChI=1S/C14H16N4S/c1-2-7-18-12-6-4-3-5-11(12)17-13(18)8-10-9-19-14(15)16-10/h3-6,9H,2,7-8H2,1H3,(H2,15,16). The number of fused-ring (bicyclic) bond motifs is 1. The average molecular weight is 272 g/mol. The van der Waals surface area contributed by atoms with Gasteiger partial charge in [0.15, 0.2) is 5.13 Å². The number of nitrogens with zero attached hydrogens (tertiary/aromatic N) is 3. The minimum absolute atomic E-state index is 0.619. The van der Waals surface area contributed by atoms with E-state index in [2.05, 4.69) is 34.7 Å². The molecule has 3 aromatic rings. The SMILES string of the molecule is CCCn1c(Cc2csc(N)n2)nc2ccccc21. The maximum Gasteiger partial charge on any atom is 0.180 e. The number of hydrogen-bond donors (Lipinski definition) is 1. The third-order valence-electron chi connectivity index (χ3n) is 3.09. The van der Waals surface area contributed by atoms with Gasteiger partial charge in [-0.1, -0.05) is 19.1 Å². The van der Waals surface area contributed by atoms with Crippen LogP contribution >= 0.6 is 11.3 Å². The van der Waals surface area contributed by atoms with E-state index in [1.54, 1.807) is 0 Å². The Kier molecular flexibility index (Phi) is 3.21. The molecule has 0 atom stereocenters. The van der Waals surface area contributed by atoms with Crippen LogP contribution in [0.25, 0.3) is 11.0 Å². The van der Waals surface area contributed by atoms with Gasteiger partial charge in [-0.3, -0.25) is 0 Å². The largest absolute Gasteiger partial charge is 0.375 e. The number of para-hydroxylation sites is 2. The van der Waals surface area contributed by atoms with E-state index in [4.69, 9.17) is 10.7 Å². The van der Waals surface area contributed by atoms with Crippen molar-refractivity contribution in [2.24, 2.45) is 0 Å². The minimum Gasteiger partial charge on any atom is -0.375 e. The summed E-state index contributed by atoms with van der Waals surface area (Å²) in [5.74, 6) is 1.06. The summed E-state index contributed by atoms with van der Waals surface area (Å²) in [6, 6.07) is 8.26. The van der Waals surface area contributed by atoms with Crippen LogP contribution in [0.4, 0.5) is 5.13 Å². The molecule has 0 fully saturated rings. The molecule has 98 valence electrons. The number of imidazole rings is 1. The summed E-state index contributed by atoms with van der Waals surface area (Å²) in [6.07, 6.45) is 1.83. The molecule has 0 radical (unpaired) electrons. The lowest BCUT2D eigenvalue weighted by Gasteiger charge is -2.06. The van der Waals surface area contributed by atoms with Crippen LogP contribution in [-0.4, -0.2) is 14.5 Å². The van der Waals surface area contributed by atoms with Crippen LogP contribution in [0.2, 0.25) is 0 Å². The molecular weight excluding hydrogens is 256 g/mol. The van der Waals surface area contributed by atoms with E-state index in [9.17, 15) is 0 Å². The summed E-state index contributed by atoms with van der Waals surface area (Å²) < 4.78 is 2.28. The molecular formula is C14H16N4S. The van der Waals surface area contributed by atoms with Crippen molar-refractivity contribution in [1.29, 1.82) is 0 Å². The molecule has 2 N–H and O–H groups in total. The molecule has 0 bridgehead atoms. The Morgan fingerprint density at radius 3 is 2.84 bits per heavy atom. The van der Waals surface area contributed by atoms with Crippen molar-refractivity contribution in [3.63, 3.8) is 0 Å². The highest BCUT2D eigenvalue weighted by Crippen LogP contribution is 2.20. The third kappa shape index (κ3) is 2.33. The summed E-state index contributed by atoms with van der Waals surface area (Å²) in [5, 5.41) is 2.62. The van der Waals surface area contributed by atoms with E-state index in [1.165, 1.54) is 16.9 Å². The van der Waals surface area contributed by atoms with Crippen LogP contribution < -0.4 is 5.73 Å². The Hall–Kier alpha value is -1.88. The summed E-state index contributed by atoms with van der Waals surface area (Å²) in [7, 11) is 0. The fourth-order valence-electron chi connectivity index (χ4n) is 2.30. The summed E-state index contributed by atoms with van der Waals surface area (Å²) in [6.45, 7) is 3.16. The molecule has 1 aromatic carbocycles. The van der Waals surface area contributed by atoms with Gasteiger partial charge >= 0.3 is 0 Å². The fourth-order valence-corrected chi connectivity index (χ4v) is 2.86. The normalized spacial score (nSPS) is 11.2. The number of nitrogens with two attached hydrogens (primary N) is 1. The molecule has 0 unspecified atom stereocenters. The van der Waals surface area contributed by atoms with Gasteiger partial charge in [0.25, 0.3) is 0 Å². The van der Waals surface area contributed by atoms with E-state index < -0.39 is 0 Å². The van der Waals surface area contributed by atoms with Gasteiger partial charge in [0.1, 0.15) is 5.82 Å². The molecule has 0 saturated heterocycles. The highest BCUT2D eigenvalue weighted by Gasteiger charge is 2.11. The van der Waals surface area contributed by atoms with Gasteiger partial charge in [0, 0.05) is 18.3 Å². The van der Waals surface area contributed by atoms with Crippen LogP contribution in [-0.2, 0) is 13.0 Å². The second kappa shape index (κ2) is 5.01. The molecule has 3 rings (SSSR count). The van der Waals surface area contributed by atoms with Gasteiger partial charge in [-0.2, -0.15) is 0 Å². The molecule has 0 spiro atoms. The minimum atomic E-state index is 0.619. The van der Waals surface area contributed by atoms with E-state index in [-0.39, 0.29) is 0 Å². The smallest absolute Gasteiger partial charge is 0.180 e. The first-order valence-electron chi connectivity index (χ1n) is 6.42. The zero-order valence-electron chi connectivity index (χ0n) is 10.8. The van der Waals surface area contributed by atoms with Crippen molar-refractivity contribution in [1.82, 2.24) is 14.5 Å². The number of anilines is 1. The lowest BCUT2D eigenvalue weighted by atomic mass is 10.3. The fraction of sp³-hybridized carbons (Fsp3) is 0.286. The molecule has 2 aromatic heterocycles. The number of aryl methyl sites for hydroxylation is 1. The Labute approximate surface area is 115 Å². The van der Waals surface area contributed by atoms with Crippen LogP contribution in [0.5, 0.6) is 0 Å². The Balaban J connectivity index is 2.04. The van der Waals surface area contributed by atoms with Gasteiger partial charge in [-0.15, -0.1) is 11.3 Å². The first-order valence-corrected chi connectivity index (χ1v) is 7.30. The lowest BCUT2D eigenvalue weighted by Crippen LogP contribution is -2.04.